The van der Waals surface area contributed by atoms with E-state index < -0.39 is 0 Å². The van der Waals surface area contributed by atoms with Crippen molar-refractivity contribution in [2.45, 2.75) is 18.6 Å². The number of aromatic nitrogens is 3. The van der Waals surface area contributed by atoms with Crippen molar-refractivity contribution in [3.05, 3.63) is 59.7 Å². The molecule has 0 bridgehead atoms. The van der Waals surface area contributed by atoms with E-state index in [-0.39, 0.29) is 17.7 Å². The van der Waals surface area contributed by atoms with Crippen LogP contribution in [0, 0.1) is 0 Å². The van der Waals surface area contributed by atoms with Crippen LogP contribution in [0.4, 0.5) is 0 Å². The van der Waals surface area contributed by atoms with Crippen LogP contribution in [-0.4, -0.2) is 44.5 Å². The van der Waals surface area contributed by atoms with Gasteiger partial charge in [0.2, 0.25) is 0 Å². The predicted octanol–water partition coefficient (Wildman–Crippen LogP) is 3.32. The first-order valence-corrected chi connectivity index (χ1v) is 9.78. The Morgan fingerprint density at radius 1 is 0.964 bits per heavy atom. The highest BCUT2D eigenvalue weighted by Crippen LogP contribution is 2.29. The highest BCUT2D eigenvalue weighted by Gasteiger charge is 2.35. The quantitative estimate of drug-likeness (QED) is 0.471. The minimum absolute atomic E-state index is 0.188. The number of hydrogen-bond acceptors (Lipinski definition) is 6. The minimum atomic E-state index is -0.272. The number of ether oxygens (including phenoxy) is 1. The molecule has 1 aliphatic rings. The van der Waals surface area contributed by atoms with Gasteiger partial charge in [-0.3, -0.25) is 14.5 Å². The lowest BCUT2D eigenvalue weighted by molar-refractivity contribution is 0.0684. The van der Waals surface area contributed by atoms with Crippen molar-refractivity contribution >= 4 is 23.6 Å². The van der Waals surface area contributed by atoms with Crippen LogP contribution in [0.5, 0.6) is 5.75 Å². The van der Waals surface area contributed by atoms with Crippen LogP contribution in [-0.2, 0) is 6.54 Å². The molecule has 28 heavy (non-hydrogen) atoms. The van der Waals surface area contributed by atoms with Gasteiger partial charge in [-0.15, -0.1) is 10.2 Å². The lowest BCUT2D eigenvalue weighted by atomic mass is 10.1. The molecule has 0 N–H and O–H groups in total. The summed E-state index contributed by atoms with van der Waals surface area (Å²) < 4.78 is 7.16. The number of hydrogen-bond donors (Lipinski definition) is 0. The van der Waals surface area contributed by atoms with Crippen molar-refractivity contribution in [2.24, 2.45) is 0 Å². The highest BCUT2D eigenvalue weighted by atomic mass is 32.2. The highest BCUT2D eigenvalue weighted by molar-refractivity contribution is 7.99. The van der Waals surface area contributed by atoms with Crippen LogP contribution in [0.1, 0.15) is 27.6 Å². The molecule has 0 fully saturated rings. The molecule has 1 aliphatic heterocycles. The van der Waals surface area contributed by atoms with Crippen molar-refractivity contribution in [1.29, 1.82) is 0 Å². The summed E-state index contributed by atoms with van der Waals surface area (Å²) in [7, 11) is 1.62. The zero-order chi connectivity index (χ0) is 19.7. The monoisotopic (exact) mass is 394 g/mol. The maximum absolute atomic E-state index is 12.5. The summed E-state index contributed by atoms with van der Waals surface area (Å²) in [6.45, 7) is 2.67. The number of benzene rings is 2. The molecule has 1 aromatic heterocycles. The summed E-state index contributed by atoms with van der Waals surface area (Å²) in [6, 6.07) is 14.5. The number of carbonyl (C=O) groups is 2. The first kappa shape index (κ1) is 18.2. The Kier molecular flexibility index (Phi) is 4.87. The van der Waals surface area contributed by atoms with Gasteiger partial charge in [0.1, 0.15) is 5.75 Å². The second-order valence-electron chi connectivity index (χ2n) is 6.14. The maximum Gasteiger partial charge on any atom is 0.262 e. The summed E-state index contributed by atoms with van der Waals surface area (Å²) in [4.78, 5) is 26.3. The third kappa shape index (κ3) is 3.05. The van der Waals surface area contributed by atoms with Gasteiger partial charge in [-0.1, -0.05) is 23.9 Å². The standard InChI is InChI=1S/C20H18N4O3S/c1-3-23-17(13-8-10-14(27-2)11-9-13)21-22-20(23)28-12-24-18(25)15-6-4-5-7-16(15)19(24)26/h4-11H,3,12H2,1-2H3. The summed E-state index contributed by atoms with van der Waals surface area (Å²) in [5, 5.41) is 9.22. The molecule has 0 atom stereocenters. The fourth-order valence-electron chi connectivity index (χ4n) is 3.11. The zero-order valence-electron chi connectivity index (χ0n) is 15.5. The molecule has 2 amide bonds. The summed E-state index contributed by atoms with van der Waals surface area (Å²) in [5.41, 5.74) is 1.82. The Morgan fingerprint density at radius 3 is 2.18 bits per heavy atom. The normalized spacial score (nSPS) is 13.1. The van der Waals surface area contributed by atoms with E-state index in [1.807, 2.05) is 35.8 Å². The van der Waals surface area contributed by atoms with Crippen LogP contribution >= 0.6 is 11.8 Å². The predicted molar refractivity (Wildman–Crippen MR) is 105 cm³/mol. The molecule has 0 aliphatic carbocycles. The molecule has 0 unspecified atom stereocenters. The number of carbonyl (C=O) groups excluding carboxylic acids is 2. The summed E-state index contributed by atoms with van der Waals surface area (Å²) in [6.07, 6.45) is 0. The van der Waals surface area contributed by atoms with E-state index in [9.17, 15) is 9.59 Å². The third-order valence-electron chi connectivity index (χ3n) is 4.58. The lowest BCUT2D eigenvalue weighted by Crippen LogP contribution is -2.29. The topological polar surface area (TPSA) is 77.3 Å². The number of imide groups is 1. The third-order valence-corrected chi connectivity index (χ3v) is 5.53. The van der Waals surface area contributed by atoms with Gasteiger partial charge < -0.3 is 9.30 Å². The summed E-state index contributed by atoms with van der Waals surface area (Å²) >= 11 is 1.32. The second kappa shape index (κ2) is 7.47. The van der Waals surface area contributed by atoms with Crippen LogP contribution in [0.2, 0.25) is 0 Å². The van der Waals surface area contributed by atoms with Crippen LogP contribution in [0.25, 0.3) is 11.4 Å². The Labute approximate surface area is 166 Å². The van der Waals surface area contributed by atoms with E-state index in [1.54, 1.807) is 31.4 Å². The number of thioether (sulfide) groups is 1. The molecule has 142 valence electrons. The van der Waals surface area contributed by atoms with Crippen LogP contribution in [0.15, 0.2) is 53.7 Å². The van der Waals surface area contributed by atoms with E-state index in [2.05, 4.69) is 10.2 Å². The first-order valence-electron chi connectivity index (χ1n) is 8.79. The van der Waals surface area contributed by atoms with Crippen molar-refractivity contribution in [3.8, 4) is 17.1 Å². The largest absolute Gasteiger partial charge is 0.497 e. The molecule has 4 rings (SSSR count). The fourth-order valence-corrected chi connectivity index (χ4v) is 4.06. The van der Waals surface area contributed by atoms with Crippen molar-refractivity contribution in [2.75, 3.05) is 13.0 Å². The Balaban J connectivity index is 1.54. The van der Waals surface area contributed by atoms with Gasteiger partial charge in [-0.2, -0.15) is 0 Å². The Morgan fingerprint density at radius 2 is 1.61 bits per heavy atom. The molecule has 3 aromatic rings. The van der Waals surface area contributed by atoms with Gasteiger partial charge >= 0.3 is 0 Å². The van der Waals surface area contributed by atoms with Crippen molar-refractivity contribution in [1.82, 2.24) is 19.7 Å². The first-order chi connectivity index (χ1) is 13.6. The minimum Gasteiger partial charge on any atom is -0.497 e. The van der Waals surface area contributed by atoms with Gasteiger partial charge in [0.05, 0.1) is 24.1 Å². The van der Waals surface area contributed by atoms with Gasteiger partial charge in [0, 0.05) is 12.1 Å². The Bertz CT molecular complexity index is 1010. The molecule has 0 radical (unpaired) electrons. The molecule has 7 nitrogen and oxygen atoms in total. The van der Waals surface area contributed by atoms with Crippen molar-refractivity contribution < 1.29 is 14.3 Å². The van der Waals surface area contributed by atoms with Gasteiger partial charge in [-0.25, -0.2) is 0 Å². The number of fused-ring (bicyclic) bond motifs is 1. The average molecular weight is 394 g/mol. The van der Waals surface area contributed by atoms with E-state index >= 15 is 0 Å². The molecule has 0 spiro atoms. The van der Waals surface area contributed by atoms with Crippen molar-refractivity contribution in [3.63, 3.8) is 0 Å². The van der Waals surface area contributed by atoms with Gasteiger partial charge in [-0.05, 0) is 43.3 Å². The average Bonchev–Trinajstić information content (AvgIpc) is 3.26. The van der Waals surface area contributed by atoms with E-state index in [1.165, 1.54) is 16.7 Å². The van der Waals surface area contributed by atoms with E-state index in [4.69, 9.17) is 4.74 Å². The molecule has 0 saturated carbocycles. The van der Waals surface area contributed by atoms with E-state index in [0.29, 0.717) is 22.8 Å². The maximum atomic E-state index is 12.5. The smallest absolute Gasteiger partial charge is 0.262 e. The number of nitrogens with zero attached hydrogens (tertiary/aromatic N) is 4. The summed E-state index contributed by atoms with van der Waals surface area (Å²) in [5.74, 6) is 1.14. The molecular formula is C20H18N4O3S. The lowest BCUT2D eigenvalue weighted by Gasteiger charge is -2.13. The van der Waals surface area contributed by atoms with Crippen LogP contribution < -0.4 is 4.74 Å². The van der Waals surface area contributed by atoms with Crippen LogP contribution in [0.3, 0.4) is 0 Å². The number of amides is 2. The SMILES string of the molecule is CCn1c(SCN2C(=O)c3ccccc3C2=O)nnc1-c1ccc(OC)cc1. The molecule has 0 saturated heterocycles. The number of rotatable bonds is 6. The van der Waals surface area contributed by atoms with E-state index in [0.717, 1.165) is 17.1 Å². The zero-order valence-corrected chi connectivity index (χ0v) is 16.3. The molecular weight excluding hydrogens is 376 g/mol. The van der Waals surface area contributed by atoms with Gasteiger partial charge in [0.15, 0.2) is 11.0 Å². The Hall–Kier alpha value is -3.13. The molecule has 2 heterocycles. The fraction of sp³-hybridized carbons (Fsp3) is 0.200. The number of methoxy groups -OCH3 is 1. The molecule has 8 heteroatoms. The molecule has 2 aromatic carbocycles. The van der Waals surface area contributed by atoms with Gasteiger partial charge in [0.25, 0.3) is 11.8 Å². The second-order valence-corrected chi connectivity index (χ2v) is 7.05.